The predicted molar refractivity (Wildman–Crippen MR) is 107 cm³/mol. The lowest BCUT2D eigenvalue weighted by molar-refractivity contribution is -0.146. The van der Waals surface area contributed by atoms with E-state index in [9.17, 15) is 19.5 Å². The highest BCUT2D eigenvalue weighted by Gasteiger charge is 2.30. The van der Waals surface area contributed by atoms with Crippen molar-refractivity contribution in [3.05, 3.63) is 48.4 Å². The van der Waals surface area contributed by atoms with Gasteiger partial charge in [0.15, 0.2) is 5.54 Å². The second-order valence-electron chi connectivity index (χ2n) is 7.34. The van der Waals surface area contributed by atoms with Gasteiger partial charge < -0.3 is 20.7 Å². The minimum absolute atomic E-state index is 0.296. The van der Waals surface area contributed by atoms with Crippen LogP contribution >= 0.6 is 0 Å². The van der Waals surface area contributed by atoms with Gasteiger partial charge in [0.1, 0.15) is 6.04 Å². The summed E-state index contributed by atoms with van der Waals surface area (Å²) in [7, 11) is 0. The van der Waals surface area contributed by atoms with E-state index in [1.54, 1.807) is 0 Å². The van der Waals surface area contributed by atoms with E-state index < -0.39 is 23.5 Å². The van der Waals surface area contributed by atoms with Gasteiger partial charge in [0.05, 0.1) is 11.9 Å². The Morgan fingerprint density at radius 2 is 2.00 bits per heavy atom. The number of fused-ring (bicyclic) bond motifs is 1. The summed E-state index contributed by atoms with van der Waals surface area (Å²) in [6.07, 6.45) is 4.94. The number of nitrogens with zero attached hydrogens (tertiary/aromatic N) is 2. The highest BCUT2D eigenvalue weighted by atomic mass is 16.4. The number of carboxylic acids is 1. The molecule has 0 bridgehead atoms. The minimum atomic E-state index is -1.26. The Bertz CT molecular complexity index is 1070. The van der Waals surface area contributed by atoms with Crippen LogP contribution in [0.1, 0.15) is 26.3 Å². The number of nitrogens with one attached hydrogen (secondary N) is 3. The van der Waals surface area contributed by atoms with Crippen LogP contribution in [0, 0.1) is 0 Å². The van der Waals surface area contributed by atoms with Gasteiger partial charge in [0, 0.05) is 36.6 Å². The van der Waals surface area contributed by atoms with Gasteiger partial charge in [-0.1, -0.05) is 18.2 Å². The number of carbonyl (C=O) groups is 3. The van der Waals surface area contributed by atoms with Gasteiger partial charge in [-0.25, -0.2) is 4.79 Å². The number of H-pyrrole nitrogens is 1. The molecule has 0 aliphatic heterocycles. The molecule has 29 heavy (non-hydrogen) atoms. The van der Waals surface area contributed by atoms with Crippen LogP contribution in [0.3, 0.4) is 0 Å². The van der Waals surface area contributed by atoms with E-state index in [1.165, 1.54) is 37.8 Å². The molecule has 0 fully saturated rings. The Morgan fingerprint density at radius 1 is 1.28 bits per heavy atom. The maximum Gasteiger partial charge on any atom is 0.331 e. The van der Waals surface area contributed by atoms with Crippen molar-refractivity contribution in [2.24, 2.45) is 0 Å². The van der Waals surface area contributed by atoms with Crippen molar-refractivity contribution < 1.29 is 19.5 Å². The van der Waals surface area contributed by atoms with Crippen molar-refractivity contribution >= 4 is 34.4 Å². The van der Waals surface area contributed by atoms with Crippen molar-refractivity contribution in [2.45, 2.75) is 38.8 Å². The maximum atomic E-state index is 12.8. The van der Waals surface area contributed by atoms with E-state index in [0.717, 1.165) is 16.5 Å². The number of anilines is 1. The quantitative estimate of drug-likeness (QED) is 0.484. The molecule has 0 spiro atoms. The third-order valence-electron chi connectivity index (χ3n) is 4.74. The molecule has 0 saturated heterocycles. The molecule has 1 aromatic carbocycles. The molecule has 4 N–H and O–H groups in total. The van der Waals surface area contributed by atoms with E-state index in [1.807, 2.05) is 30.5 Å². The first-order valence-electron chi connectivity index (χ1n) is 9.10. The Balaban J connectivity index is 1.79. The lowest BCUT2D eigenvalue weighted by atomic mass is 10.0. The number of aliphatic carboxylic acids is 1. The van der Waals surface area contributed by atoms with Crippen LogP contribution < -0.4 is 10.6 Å². The molecule has 2 amide bonds. The van der Waals surface area contributed by atoms with Gasteiger partial charge in [-0.05, 0) is 25.5 Å². The number of aromatic nitrogens is 3. The molecule has 3 aromatic rings. The summed E-state index contributed by atoms with van der Waals surface area (Å²) in [5.74, 6) is -1.79. The molecule has 0 radical (unpaired) electrons. The molecule has 9 nitrogen and oxygen atoms in total. The van der Waals surface area contributed by atoms with Crippen LogP contribution in [-0.4, -0.2) is 43.7 Å². The summed E-state index contributed by atoms with van der Waals surface area (Å²) in [5.41, 5.74) is 0.932. The number of carbonyl (C=O) groups excluding carboxylic acids is 2. The van der Waals surface area contributed by atoms with Crippen LogP contribution in [0.25, 0.3) is 10.9 Å². The summed E-state index contributed by atoms with van der Waals surface area (Å²) < 4.78 is 1.26. The molecule has 2 aromatic heterocycles. The van der Waals surface area contributed by atoms with E-state index >= 15 is 0 Å². The summed E-state index contributed by atoms with van der Waals surface area (Å²) >= 11 is 0. The van der Waals surface area contributed by atoms with Gasteiger partial charge in [-0.2, -0.15) is 5.10 Å². The zero-order chi connectivity index (χ0) is 21.2. The van der Waals surface area contributed by atoms with Gasteiger partial charge >= 0.3 is 5.97 Å². The molecule has 1 atom stereocenters. The van der Waals surface area contributed by atoms with Crippen molar-refractivity contribution in [1.82, 2.24) is 20.1 Å². The normalized spacial score (nSPS) is 12.5. The number of amides is 2. The van der Waals surface area contributed by atoms with Crippen LogP contribution in [0.2, 0.25) is 0 Å². The first kappa shape index (κ1) is 20.1. The monoisotopic (exact) mass is 397 g/mol. The lowest BCUT2D eigenvalue weighted by Gasteiger charge is -2.19. The topological polar surface area (TPSA) is 129 Å². The molecule has 1 unspecified atom stereocenters. The van der Waals surface area contributed by atoms with E-state index in [2.05, 4.69) is 20.7 Å². The van der Waals surface area contributed by atoms with Crippen LogP contribution in [-0.2, 0) is 26.3 Å². The van der Waals surface area contributed by atoms with Crippen molar-refractivity contribution in [3.8, 4) is 0 Å². The number of carboxylic acid groups (broad SMARTS) is 1. The number of para-hydroxylation sites is 1. The van der Waals surface area contributed by atoms with Crippen LogP contribution in [0.5, 0.6) is 0 Å². The Hall–Kier alpha value is -3.62. The average molecular weight is 397 g/mol. The number of benzene rings is 1. The zero-order valence-electron chi connectivity index (χ0n) is 16.4. The Labute approximate surface area is 167 Å². The molecule has 0 aliphatic carbocycles. The number of rotatable bonds is 7. The highest BCUT2D eigenvalue weighted by molar-refractivity contribution is 5.97. The van der Waals surface area contributed by atoms with E-state index in [4.69, 9.17) is 0 Å². The summed E-state index contributed by atoms with van der Waals surface area (Å²) in [6.45, 7) is 4.36. The fraction of sp³-hybridized carbons (Fsp3) is 0.300. The van der Waals surface area contributed by atoms with Gasteiger partial charge in [-0.15, -0.1) is 0 Å². The third-order valence-corrected chi connectivity index (χ3v) is 4.74. The molecule has 9 heteroatoms. The minimum Gasteiger partial charge on any atom is -0.479 e. The Morgan fingerprint density at radius 3 is 2.69 bits per heavy atom. The molecule has 0 saturated carbocycles. The predicted octanol–water partition coefficient (Wildman–Crippen LogP) is 1.87. The Kier molecular flexibility index (Phi) is 5.40. The van der Waals surface area contributed by atoms with Crippen molar-refractivity contribution in [2.75, 3.05) is 5.32 Å². The number of hydrogen-bond donors (Lipinski definition) is 4. The molecular formula is C20H23N5O4. The molecule has 2 heterocycles. The van der Waals surface area contributed by atoms with Crippen molar-refractivity contribution in [1.29, 1.82) is 0 Å². The first-order valence-corrected chi connectivity index (χ1v) is 9.10. The standard InChI is InChI=1S/C20H23N5O4/c1-12(26)23-17(8-13-9-21-16-7-5-4-6-15(13)16)18(27)24-14-10-22-25(11-14)20(2,3)19(28)29/h4-7,9-11,17,21H,8H2,1-3H3,(H,23,26)(H,24,27)(H,28,29). The third kappa shape index (κ3) is 4.29. The summed E-state index contributed by atoms with van der Waals surface area (Å²) in [4.78, 5) is 39.0. The number of hydrogen-bond acceptors (Lipinski definition) is 4. The molecule has 0 aliphatic rings. The molecule has 3 rings (SSSR count). The lowest BCUT2D eigenvalue weighted by Crippen LogP contribution is -2.44. The maximum absolute atomic E-state index is 12.8. The molecule has 152 valence electrons. The van der Waals surface area contributed by atoms with Crippen molar-refractivity contribution in [3.63, 3.8) is 0 Å². The van der Waals surface area contributed by atoms with Gasteiger partial charge in [0.2, 0.25) is 11.8 Å². The van der Waals surface area contributed by atoms with Crippen LogP contribution in [0.15, 0.2) is 42.9 Å². The zero-order valence-corrected chi connectivity index (χ0v) is 16.4. The van der Waals surface area contributed by atoms with Gasteiger partial charge in [-0.3, -0.25) is 14.3 Å². The summed E-state index contributed by atoms with van der Waals surface area (Å²) in [6, 6.07) is 6.90. The van der Waals surface area contributed by atoms with Crippen LogP contribution in [0.4, 0.5) is 5.69 Å². The van der Waals surface area contributed by atoms with E-state index in [0.29, 0.717) is 12.1 Å². The largest absolute Gasteiger partial charge is 0.479 e. The summed E-state index contributed by atoms with van der Waals surface area (Å²) in [5, 5.41) is 19.7. The smallest absolute Gasteiger partial charge is 0.331 e. The van der Waals surface area contributed by atoms with Gasteiger partial charge in [0.25, 0.3) is 0 Å². The highest BCUT2D eigenvalue weighted by Crippen LogP contribution is 2.20. The average Bonchev–Trinajstić information content (AvgIpc) is 3.28. The fourth-order valence-corrected chi connectivity index (χ4v) is 3.00. The first-order chi connectivity index (χ1) is 13.7. The second kappa shape index (κ2) is 7.78. The molecular weight excluding hydrogens is 374 g/mol. The fourth-order valence-electron chi connectivity index (χ4n) is 3.00. The SMILES string of the molecule is CC(=O)NC(Cc1c[nH]c2ccccc12)C(=O)Nc1cnn(C(C)(C)C(=O)O)c1. The second-order valence-corrected chi connectivity index (χ2v) is 7.34. The number of aromatic amines is 1. The van der Waals surface area contributed by atoms with E-state index in [-0.39, 0.29) is 5.91 Å².